The molecule has 0 aromatic heterocycles. The minimum Gasteiger partial charge on any atom is -0.482 e. The van der Waals surface area contributed by atoms with E-state index in [-0.39, 0.29) is 12.2 Å². The normalized spacial score (nSPS) is 9.41. The molecule has 0 aliphatic heterocycles. The second-order valence-corrected chi connectivity index (χ2v) is 4.66. The Morgan fingerprint density at radius 3 is 2.59 bits per heavy atom. The molecule has 108 valence electrons. The second-order valence-electron chi connectivity index (χ2n) is 4.25. The number of carbonyl (C=O) groups is 1. The molecule has 0 saturated heterocycles. The van der Waals surface area contributed by atoms with Crippen LogP contribution in [0, 0.1) is 22.7 Å². The summed E-state index contributed by atoms with van der Waals surface area (Å²) < 4.78 is 5.32. The molecule has 22 heavy (non-hydrogen) atoms. The highest BCUT2D eigenvalue weighted by Crippen LogP contribution is 2.20. The molecular weight excluding hydrogens is 302 g/mol. The molecule has 0 aliphatic carbocycles. The Hall–Kier alpha value is -3.02. The topological polar surface area (TPSA) is 85.9 Å². The Bertz CT molecular complexity index is 791. The van der Waals surface area contributed by atoms with E-state index in [4.69, 9.17) is 26.9 Å². The van der Waals surface area contributed by atoms with Gasteiger partial charge >= 0.3 is 0 Å². The van der Waals surface area contributed by atoms with Gasteiger partial charge in [0.1, 0.15) is 17.9 Å². The molecule has 0 atom stereocenters. The lowest BCUT2D eigenvalue weighted by Crippen LogP contribution is -2.20. The number of hydrogen-bond donors (Lipinski definition) is 1. The third kappa shape index (κ3) is 3.76. The number of carbonyl (C=O) groups excluding carboxylic acids is 1. The third-order valence-corrected chi connectivity index (χ3v) is 3.07. The number of benzene rings is 2. The van der Waals surface area contributed by atoms with Gasteiger partial charge in [0.2, 0.25) is 0 Å². The van der Waals surface area contributed by atoms with Crippen LogP contribution in [0.5, 0.6) is 5.75 Å². The summed E-state index contributed by atoms with van der Waals surface area (Å²) in [5.74, 6) is -0.0621. The molecule has 1 N–H and O–H groups in total. The van der Waals surface area contributed by atoms with E-state index in [9.17, 15) is 4.79 Å². The summed E-state index contributed by atoms with van der Waals surface area (Å²) in [6, 6.07) is 15.1. The molecule has 0 spiro atoms. The molecule has 1 amide bonds. The van der Waals surface area contributed by atoms with E-state index in [2.05, 4.69) is 5.32 Å². The van der Waals surface area contributed by atoms with Crippen LogP contribution in [0.1, 0.15) is 11.1 Å². The van der Waals surface area contributed by atoms with Crippen LogP contribution in [-0.2, 0) is 4.79 Å². The number of nitriles is 2. The summed E-state index contributed by atoms with van der Waals surface area (Å²) in [6.07, 6.45) is 0. The molecule has 2 rings (SSSR count). The molecule has 2 aromatic carbocycles. The fourth-order valence-electron chi connectivity index (χ4n) is 1.71. The van der Waals surface area contributed by atoms with E-state index in [0.717, 1.165) is 0 Å². The van der Waals surface area contributed by atoms with Crippen LogP contribution in [0.2, 0.25) is 5.02 Å². The zero-order chi connectivity index (χ0) is 15.9. The maximum Gasteiger partial charge on any atom is 0.262 e. The largest absolute Gasteiger partial charge is 0.482 e. The summed E-state index contributed by atoms with van der Waals surface area (Å²) in [4.78, 5) is 11.8. The standard InChI is InChI=1S/C16H10ClN3O2/c17-14-6-5-13(7-12(14)9-19)20-16(21)10-22-15-4-2-1-3-11(15)8-18/h1-7H,10H2,(H,20,21). The van der Waals surface area contributed by atoms with Gasteiger partial charge in [-0.25, -0.2) is 0 Å². The molecule has 0 radical (unpaired) electrons. The molecule has 0 heterocycles. The van der Waals surface area contributed by atoms with Crippen LogP contribution in [0.3, 0.4) is 0 Å². The molecule has 6 heteroatoms. The van der Waals surface area contributed by atoms with Crippen molar-refractivity contribution >= 4 is 23.2 Å². The van der Waals surface area contributed by atoms with Crippen molar-refractivity contribution < 1.29 is 9.53 Å². The van der Waals surface area contributed by atoms with Crippen LogP contribution in [0.25, 0.3) is 0 Å². The van der Waals surface area contributed by atoms with Gasteiger partial charge in [-0.1, -0.05) is 23.7 Å². The van der Waals surface area contributed by atoms with Crippen LogP contribution in [0.4, 0.5) is 5.69 Å². The number of anilines is 1. The maximum atomic E-state index is 11.8. The van der Waals surface area contributed by atoms with Crippen molar-refractivity contribution in [1.29, 1.82) is 10.5 Å². The number of hydrogen-bond acceptors (Lipinski definition) is 4. The van der Waals surface area contributed by atoms with Crippen molar-refractivity contribution in [2.24, 2.45) is 0 Å². The van der Waals surface area contributed by atoms with Crippen molar-refractivity contribution in [1.82, 2.24) is 0 Å². The second kappa shape index (κ2) is 7.12. The van der Waals surface area contributed by atoms with E-state index in [1.165, 1.54) is 12.1 Å². The van der Waals surface area contributed by atoms with Gasteiger partial charge in [-0.05, 0) is 30.3 Å². The number of ether oxygens (including phenoxy) is 1. The predicted octanol–water partition coefficient (Wildman–Crippen LogP) is 3.10. The van der Waals surface area contributed by atoms with Gasteiger partial charge in [-0.2, -0.15) is 10.5 Å². The van der Waals surface area contributed by atoms with Gasteiger partial charge in [0.05, 0.1) is 16.1 Å². The zero-order valence-electron chi connectivity index (χ0n) is 11.3. The molecule has 0 saturated carbocycles. The Labute approximate surface area is 132 Å². The van der Waals surface area contributed by atoms with Gasteiger partial charge in [0.25, 0.3) is 5.91 Å². The summed E-state index contributed by atoms with van der Waals surface area (Å²) in [5, 5.41) is 20.7. The summed E-state index contributed by atoms with van der Waals surface area (Å²) >= 11 is 5.82. The number of nitrogens with one attached hydrogen (secondary N) is 1. The number of para-hydroxylation sites is 1. The Balaban J connectivity index is 1.99. The summed E-state index contributed by atoms with van der Waals surface area (Å²) in [6.45, 7) is -0.247. The first kappa shape index (κ1) is 15.4. The van der Waals surface area contributed by atoms with Crippen molar-refractivity contribution in [2.45, 2.75) is 0 Å². The van der Waals surface area contributed by atoms with E-state index in [0.29, 0.717) is 22.0 Å². The molecule has 0 unspecified atom stereocenters. The summed E-state index contributed by atoms with van der Waals surface area (Å²) in [5.41, 5.74) is 1.08. The molecule has 5 nitrogen and oxygen atoms in total. The number of rotatable bonds is 4. The monoisotopic (exact) mass is 311 g/mol. The SMILES string of the molecule is N#Cc1cc(NC(=O)COc2ccccc2C#N)ccc1Cl. The molecule has 0 aliphatic rings. The van der Waals surface area contributed by atoms with Crippen molar-refractivity contribution in [3.05, 3.63) is 58.6 Å². The van der Waals surface area contributed by atoms with Crippen LogP contribution >= 0.6 is 11.6 Å². The van der Waals surface area contributed by atoms with E-state index in [1.54, 1.807) is 30.3 Å². The lowest BCUT2D eigenvalue weighted by atomic mass is 10.2. The fourth-order valence-corrected chi connectivity index (χ4v) is 1.87. The van der Waals surface area contributed by atoms with Crippen LogP contribution in [0.15, 0.2) is 42.5 Å². The van der Waals surface area contributed by atoms with E-state index < -0.39 is 5.91 Å². The lowest BCUT2D eigenvalue weighted by Gasteiger charge is -2.09. The quantitative estimate of drug-likeness (QED) is 0.940. The highest BCUT2D eigenvalue weighted by Gasteiger charge is 2.08. The van der Waals surface area contributed by atoms with Gasteiger partial charge in [-0.3, -0.25) is 4.79 Å². The molecular formula is C16H10ClN3O2. The Morgan fingerprint density at radius 1 is 1.14 bits per heavy atom. The first-order chi connectivity index (χ1) is 10.6. The lowest BCUT2D eigenvalue weighted by molar-refractivity contribution is -0.118. The first-order valence-corrected chi connectivity index (χ1v) is 6.63. The Kier molecular flexibility index (Phi) is 4.98. The predicted molar refractivity (Wildman–Crippen MR) is 81.4 cm³/mol. The highest BCUT2D eigenvalue weighted by molar-refractivity contribution is 6.31. The van der Waals surface area contributed by atoms with Crippen molar-refractivity contribution in [3.8, 4) is 17.9 Å². The smallest absolute Gasteiger partial charge is 0.262 e. The van der Waals surface area contributed by atoms with E-state index >= 15 is 0 Å². The van der Waals surface area contributed by atoms with Gasteiger partial charge < -0.3 is 10.1 Å². The van der Waals surface area contributed by atoms with E-state index in [1.807, 2.05) is 12.1 Å². The van der Waals surface area contributed by atoms with Crippen molar-refractivity contribution in [2.75, 3.05) is 11.9 Å². The van der Waals surface area contributed by atoms with Crippen molar-refractivity contribution in [3.63, 3.8) is 0 Å². The minimum absolute atomic E-state index is 0.247. The summed E-state index contributed by atoms with van der Waals surface area (Å²) in [7, 11) is 0. The minimum atomic E-state index is -0.404. The Morgan fingerprint density at radius 2 is 1.86 bits per heavy atom. The van der Waals surface area contributed by atoms with Crippen LogP contribution in [-0.4, -0.2) is 12.5 Å². The molecule has 2 aromatic rings. The van der Waals surface area contributed by atoms with Gasteiger partial charge in [0.15, 0.2) is 6.61 Å². The number of nitrogens with zero attached hydrogens (tertiary/aromatic N) is 2. The molecule has 0 bridgehead atoms. The fraction of sp³-hybridized carbons (Fsp3) is 0.0625. The van der Waals surface area contributed by atoms with Crippen LogP contribution < -0.4 is 10.1 Å². The molecule has 0 fully saturated rings. The number of halogens is 1. The maximum absolute atomic E-state index is 11.8. The zero-order valence-corrected chi connectivity index (χ0v) is 12.1. The highest BCUT2D eigenvalue weighted by atomic mass is 35.5. The van der Waals surface area contributed by atoms with Gasteiger partial charge in [0, 0.05) is 5.69 Å². The average molecular weight is 312 g/mol. The third-order valence-electron chi connectivity index (χ3n) is 2.74. The average Bonchev–Trinajstić information content (AvgIpc) is 2.55. The van der Waals surface area contributed by atoms with Gasteiger partial charge in [-0.15, -0.1) is 0 Å². The number of amides is 1. The first-order valence-electron chi connectivity index (χ1n) is 6.25.